The highest BCUT2D eigenvalue weighted by molar-refractivity contribution is 5.73. The molecular formula is C15H29NO3. The Kier molecular flexibility index (Phi) is 5.81. The quantitative estimate of drug-likeness (QED) is 0.723. The minimum atomic E-state index is -0.697. The maximum absolute atomic E-state index is 11.0. The molecule has 19 heavy (non-hydrogen) atoms. The number of hydrogen-bond acceptors (Lipinski definition) is 3. The fraction of sp³-hybridized carbons (Fsp3) is 0.933. The zero-order valence-corrected chi connectivity index (χ0v) is 12.9. The van der Waals surface area contributed by atoms with Gasteiger partial charge in [0.1, 0.15) is 0 Å². The molecule has 0 amide bonds. The SMILES string of the molecule is COC1(C)CCCN(CCCCC(C)(C)C(=O)O)C1. The summed E-state index contributed by atoms with van der Waals surface area (Å²) in [4.78, 5) is 13.5. The number of ether oxygens (including phenoxy) is 1. The van der Waals surface area contributed by atoms with Gasteiger partial charge in [-0.3, -0.25) is 4.79 Å². The summed E-state index contributed by atoms with van der Waals surface area (Å²) in [6, 6.07) is 0. The van der Waals surface area contributed by atoms with Crippen LogP contribution in [0.2, 0.25) is 0 Å². The van der Waals surface area contributed by atoms with Crippen LogP contribution >= 0.6 is 0 Å². The van der Waals surface area contributed by atoms with Crippen LogP contribution in [0.4, 0.5) is 0 Å². The first kappa shape index (κ1) is 16.4. The van der Waals surface area contributed by atoms with E-state index in [-0.39, 0.29) is 5.60 Å². The van der Waals surface area contributed by atoms with Crippen molar-refractivity contribution in [1.29, 1.82) is 0 Å². The maximum Gasteiger partial charge on any atom is 0.309 e. The van der Waals surface area contributed by atoms with E-state index in [0.29, 0.717) is 0 Å². The van der Waals surface area contributed by atoms with E-state index in [9.17, 15) is 4.79 Å². The molecule has 0 radical (unpaired) electrons. The average Bonchev–Trinajstić information content (AvgIpc) is 2.35. The van der Waals surface area contributed by atoms with Gasteiger partial charge in [0.25, 0.3) is 0 Å². The van der Waals surface area contributed by atoms with Crippen LogP contribution in [0, 0.1) is 5.41 Å². The number of hydrogen-bond donors (Lipinski definition) is 1. The van der Waals surface area contributed by atoms with E-state index >= 15 is 0 Å². The first-order valence-electron chi connectivity index (χ1n) is 7.30. The topological polar surface area (TPSA) is 49.8 Å². The lowest BCUT2D eigenvalue weighted by atomic mass is 9.87. The molecule has 1 N–H and O–H groups in total. The summed E-state index contributed by atoms with van der Waals surface area (Å²) in [5, 5.41) is 9.06. The van der Waals surface area contributed by atoms with E-state index in [1.807, 2.05) is 0 Å². The lowest BCUT2D eigenvalue weighted by molar-refractivity contribution is -0.147. The Labute approximate surface area is 117 Å². The first-order chi connectivity index (χ1) is 8.79. The van der Waals surface area contributed by atoms with Crippen LogP contribution in [0.3, 0.4) is 0 Å². The first-order valence-corrected chi connectivity index (χ1v) is 7.30. The zero-order valence-electron chi connectivity index (χ0n) is 12.9. The molecule has 0 aromatic heterocycles. The van der Waals surface area contributed by atoms with Crippen molar-refractivity contribution in [3.63, 3.8) is 0 Å². The summed E-state index contributed by atoms with van der Waals surface area (Å²) >= 11 is 0. The van der Waals surface area contributed by atoms with Gasteiger partial charge in [0.2, 0.25) is 0 Å². The standard InChI is InChI=1S/C15H29NO3/c1-14(2,13(17)18)8-5-6-10-16-11-7-9-15(3,12-16)19-4/h5-12H2,1-4H3,(H,17,18). The van der Waals surface area contributed by atoms with Crippen molar-refractivity contribution < 1.29 is 14.6 Å². The Morgan fingerprint density at radius 2 is 2.11 bits per heavy atom. The highest BCUT2D eigenvalue weighted by Crippen LogP contribution is 2.26. The number of aliphatic carboxylic acids is 1. The number of methoxy groups -OCH3 is 1. The molecule has 1 unspecified atom stereocenters. The van der Waals surface area contributed by atoms with Gasteiger partial charge in [-0.05, 0) is 59.5 Å². The third-order valence-electron chi connectivity index (χ3n) is 4.34. The third-order valence-corrected chi connectivity index (χ3v) is 4.34. The van der Waals surface area contributed by atoms with Crippen molar-refractivity contribution in [2.75, 3.05) is 26.7 Å². The Hall–Kier alpha value is -0.610. The van der Waals surface area contributed by atoms with Gasteiger partial charge in [-0.15, -0.1) is 0 Å². The molecule has 0 bridgehead atoms. The van der Waals surface area contributed by atoms with E-state index in [4.69, 9.17) is 9.84 Å². The molecule has 1 saturated heterocycles. The molecule has 1 rings (SSSR count). The number of carboxylic acid groups (broad SMARTS) is 1. The van der Waals surface area contributed by atoms with Crippen molar-refractivity contribution >= 4 is 5.97 Å². The Morgan fingerprint density at radius 3 is 2.68 bits per heavy atom. The van der Waals surface area contributed by atoms with Gasteiger partial charge < -0.3 is 14.7 Å². The third kappa shape index (κ3) is 5.11. The molecule has 0 saturated carbocycles. The average molecular weight is 271 g/mol. The van der Waals surface area contributed by atoms with Crippen LogP contribution in [0.25, 0.3) is 0 Å². The van der Waals surface area contributed by atoms with Crippen LogP contribution in [0.1, 0.15) is 52.9 Å². The van der Waals surface area contributed by atoms with E-state index in [1.54, 1.807) is 21.0 Å². The molecule has 1 aliphatic heterocycles. The predicted octanol–water partition coefficient (Wildman–Crippen LogP) is 2.77. The monoisotopic (exact) mass is 271 g/mol. The molecule has 0 aliphatic carbocycles. The summed E-state index contributed by atoms with van der Waals surface area (Å²) < 4.78 is 5.58. The van der Waals surface area contributed by atoms with Gasteiger partial charge >= 0.3 is 5.97 Å². The van der Waals surface area contributed by atoms with E-state index in [2.05, 4.69) is 11.8 Å². The molecule has 1 aliphatic rings. The van der Waals surface area contributed by atoms with Crippen LogP contribution in [-0.2, 0) is 9.53 Å². The fourth-order valence-electron chi connectivity index (χ4n) is 2.67. The number of nitrogens with zero attached hydrogens (tertiary/aromatic N) is 1. The summed E-state index contributed by atoms with van der Waals surface area (Å²) in [6.45, 7) is 8.96. The van der Waals surface area contributed by atoms with Crippen molar-refractivity contribution in [2.24, 2.45) is 5.41 Å². The molecule has 0 aromatic rings. The molecular weight excluding hydrogens is 242 g/mol. The molecule has 112 valence electrons. The fourth-order valence-corrected chi connectivity index (χ4v) is 2.67. The molecule has 1 heterocycles. The smallest absolute Gasteiger partial charge is 0.309 e. The number of piperidine rings is 1. The van der Waals surface area contributed by atoms with Crippen LogP contribution in [0.5, 0.6) is 0 Å². The molecule has 4 heteroatoms. The van der Waals surface area contributed by atoms with Gasteiger partial charge in [0.15, 0.2) is 0 Å². The largest absolute Gasteiger partial charge is 0.481 e. The number of carbonyl (C=O) groups is 1. The molecule has 1 atom stereocenters. The maximum atomic E-state index is 11.0. The second-order valence-corrected chi connectivity index (χ2v) is 6.68. The van der Waals surface area contributed by atoms with Crippen LogP contribution in [-0.4, -0.2) is 48.3 Å². The normalized spacial score (nSPS) is 25.5. The van der Waals surface area contributed by atoms with Gasteiger partial charge in [-0.25, -0.2) is 0 Å². The van der Waals surface area contributed by atoms with Gasteiger partial charge in [-0.1, -0.05) is 6.42 Å². The summed E-state index contributed by atoms with van der Waals surface area (Å²) in [5.41, 5.74) is -0.596. The molecule has 0 aromatic carbocycles. The number of rotatable bonds is 7. The number of likely N-dealkylation sites (tertiary alicyclic amines) is 1. The van der Waals surface area contributed by atoms with E-state index < -0.39 is 11.4 Å². The molecule has 1 fully saturated rings. The highest BCUT2D eigenvalue weighted by atomic mass is 16.5. The predicted molar refractivity (Wildman–Crippen MR) is 76.4 cm³/mol. The summed E-state index contributed by atoms with van der Waals surface area (Å²) in [6.07, 6.45) is 5.10. The minimum absolute atomic E-state index is 0.00140. The minimum Gasteiger partial charge on any atom is -0.481 e. The Bertz CT molecular complexity index is 304. The summed E-state index contributed by atoms with van der Waals surface area (Å²) in [5.74, 6) is -0.697. The van der Waals surface area contributed by atoms with Crippen LogP contribution < -0.4 is 0 Å². The van der Waals surface area contributed by atoms with Crippen molar-refractivity contribution in [3.8, 4) is 0 Å². The van der Waals surface area contributed by atoms with Gasteiger partial charge in [0.05, 0.1) is 11.0 Å². The Morgan fingerprint density at radius 1 is 1.42 bits per heavy atom. The lowest BCUT2D eigenvalue weighted by Crippen LogP contribution is -2.47. The second kappa shape index (κ2) is 6.71. The van der Waals surface area contributed by atoms with Crippen LogP contribution in [0.15, 0.2) is 0 Å². The van der Waals surface area contributed by atoms with Gasteiger partial charge in [0, 0.05) is 13.7 Å². The molecule has 4 nitrogen and oxygen atoms in total. The second-order valence-electron chi connectivity index (χ2n) is 6.68. The van der Waals surface area contributed by atoms with Gasteiger partial charge in [-0.2, -0.15) is 0 Å². The highest BCUT2D eigenvalue weighted by Gasteiger charge is 2.30. The number of carboxylic acids is 1. The van der Waals surface area contributed by atoms with E-state index in [1.165, 1.54) is 6.42 Å². The van der Waals surface area contributed by atoms with Crippen molar-refractivity contribution in [1.82, 2.24) is 4.90 Å². The lowest BCUT2D eigenvalue weighted by Gasteiger charge is -2.39. The number of unbranched alkanes of at least 4 members (excludes halogenated alkanes) is 1. The van der Waals surface area contributed by atoms with E-state index in [0.717, 1.165) is 45.3 Å². The zero-order chi connectivity index (χ0) is 14.5. The molecule has 0 spiro atoms. The van der Waals surface area contributed by atoms with Crippen molar-refractivity contribution in [2.45, 2.75) is 58.5 Å². The Balaban J connectivity index is 2.25. The summed E-state index contributed by atoms with van der Waals surface area (Å²) in [7, 11) is 1.79. The van der Waals surface area contributed by atoms with Crippen molar-refractivity contribution in [3.05, 3.63) is 0 Å².